The van der Waals surface area contributed by atoms with E-state index in [1.54, 1.807) is 42.5 Å². The van der Waals surface area contributed by atoms with Crippen molar-refractivity contribution in [1.29, 1.82) is 0 Å². The zero-order valence-corrected chi connectivity index (χ0v) is 15.4. The highest BCUT2D eigenvalue weighted by atomic mass is 35.5. The fourth-order valence-corrected chi connectivity index (χ4v) is 3.45. The number of nitrogens with zero attached hydrogens (tertiary/aromatic N) is 1. The van der Waals surface area contributed by atoms with Crippen LogP contribution in [0.1, 0.15) is 23.7 Å². The minimum atomic E-state index is 0.0239. The van der Waals surface area contributed by atoms with E-state index in [4.69, 9.17) is 33.7 Å². The third kappa shape index (κ3) is 3.92. The number of carbonyl (C=O) groups is 1. The van der Waals surface area contributed by atoms with E-state index in [-0.39, 0.29) is 11.9 Å². The van der Waals surface area contributed by atoms with E-state index in [9.17, 15) is 4.79 Å². The average Bonchev–Trinajstić information content (AvgIpc) is 3.00. The molecule has 0 radical (unpaired) electrons. The lowest BCUT2D eigenvalue weighted by atomic mass is 10.1. The van der Waals surface area contributed by atoms with Crippen molar-refractivity contribution in [3.63, 3.8) is 0 Å². The summed E-state index contributed by atoms with van der Waals surface area (Å²) >= 11 is 12.1. The van der Waals surface area contributed by atoms with Gasteiger partial charge in [-0.2, -0.15) is 0 Å². The maximum Gasteiger partial charge on any atom is 0.254 e. The molecule has 2 aromatic rings. The van der Waals surface area contributed by atoms with Gasteiger partial charge in [0.15, 0.2) is 0 Å². The van der Waals surface area contributed by atoms with Gasteiger partial charge in [-0.15, -0.1) is 0 Å². The zero-order valence-electron chi connectivity index (χ0n) is 13.9. The van der Waals surface area contributed by atoms with E-state index in [2.05, 4.69) is 6.92 Å². The van der Waals surface area contributed by atoms with Gasteiger partial charge in [-0.1, -0.05) is 29.3 Å². The van der Waals surface area contributed by atoms with Gasteiger partial charge in [-0.25, -0.2) is 0 Å². The first-order valence-electron chi connectivity index (χ1n) is 8.22. The highest BCUT2D eigenvalue weighted by molar-refractivity contribution is 6.42. The Morgan fingerprint density at radius 2 is 1.96 bits per heavy atom. The molecule has 1 fully saturated rings. The molecule has 0 aliphatic carbocycles. The quantitative estimate of drug-likeness (QED) is 0.845. The first kappa shape index (κ1) is 18.1. The van der Waals surface area contributed by atoms with Gasteiger partial charge in [0.05, 0.1) is 5.02 Å². The number of ether oxygens (including phenoxy) is 1. The van der Waals surface area contributed by atoms with E-state index < -0.39 is 0 Å². The summed E-state index contributed by atoms with van der Waals surface area (Å²) in [6.45, 7) is 3.39. The summed E-state index contributed by atoms with van der Waals surface area (Å²) in [7, 11) is 0. The minimum Gasteiger partial charge on any atom is -0.456 e. The maximum atomic E-state index is 12.7. The van der Waals surface area contributed by atoms with E-state index in [0.717, 1.165) is 6.42 Å². The first-order valence-corrected chi connectivity index (χ1v) is 8.98. The second-order valence-corrected chi connectivity index (χ2v) is 7.11. The maximum absolute atomic E-state index is 12.7. The van der Waals surface area contributed by atoms with Crippen LogP contribution in [-0.4, -0.2) is 29.9 Å². The second-order valence-electron chi connectivity index (χ2n) is 6.32. The number of halogens is 2. The number of likely N-dealkylation sites (tertiary alicyclic amines) is 1. The van der Waals surface area contributed by atoms with Crippen LogP contribution < -0.4 is 10.5 Å². The summed E-state index contributed by atoms with van der Waals surface area (Å²) in [4.78, 5) is 14.6. The lowest BCUT2D eigenvalue weighted by Crippen LogP contribution is -2.34. The summed E-state index contributed by atoms with van der Waals surface area (Å²) in [6, 6.07) is 12.5. The van der Waals surface area contributed by atoms with Gasteiger partial charge in [0, 0.05) is 18.2 Å². The van der Waals surface area contributed by atoms with Gasteiger partial charge in [0.25, 0.3) is 5.91 Å². The molecule has 0 aromatic heterocycles. The lowest BCUT2D eigenvalue weighted by molar-refractivity contribution is 0.0743. The SMILES string of the molecule is CC1CC(CN)CN1C(=O)c1ccc(Oc2cccc(Cl)c2Cl)cc1. The van der Waals surface area contributed by atoms with Crippen LogP contribution in [0.25, 0.3) is 0 Å². The Hall–Kier alpha value is -1.75. The van der Waals surface area contributed by atoms with Crippen LogP contribution in [0.5, 0.6) is 11.5 Å². The highest BCUT2D eigenvalue weighted by Crippen LogP contribution is 2.34. The molecule has 1 aliphatic rings. The van der Waals surface area contributed by atoms with Crippen LogP contribution in [0.2, 0.25) is 10.0 Å². The van der Waals surface area contributed by atoms with Crippen molar-refractivity contribution in [2.75, 3.05) is 13.1 Å². The largest absolute Gasteiger partial charge is 0.456 e. The molecule has 0 bridgehead atoms. The second kappa shape index (κ2) is 7.65. The third-order valence-corrected chi connectivity index (χ3v) is 5.30. The van der Waals surface area contributed by atoms with Crippen LogP contribution in [0.4, 0.5) is 0 Å². The standard InChI is InChI=1S/C19H20Cl2N2O2/c1-12-9-13(10-22)11-23(12)19(24)14-5-7-15(8-6-14)25-17-4-2-3-16(20)18(17)21/h2-8,12-13H,9-11,22H2,1H3. The number of nitrogens with two attached hydrogens (primary N) is 1. The van der Waals surface area contributed by atoms with Crippen LogP contribution in [0.15, 0.2) is 42.5 Å². The van der Waals surface area contributed by atoms with Crippen LogP contribution in [0.3, 0.4) is 0 Å². The molecule has 132 valence electrons. The van der Waals surface area contributed by atoms with E-state index in [0.29, 0.717) is 46.1 Å². The van der Waals surface area contributed by atoms with Crippen LogP contribution >= 0.6 is 23.2 Å². The molecule has 2 N–H and O–H groups in total. The van der Waals surface area contributed by atoms with Gasteiger partial charge >= 0.3 is 0 Å². The fraction of sp³-hybridized carbons (Fsp3) is 0.316. The van der Waals surface area contributed by atoms with Gasteiger partial charge in [0.1, 0.15) is 16.5 Å². The molecule has 1 saturated heterocycles. The molecule has 6 heteroatoms. The van der Waals surface area contributed by atoms with Crippen molar-refractivity contribution in [3.8, 4) is 11.5 Å². The Balaban J connectivity index is 1.72. The van der Waals surface area contributed by atoms with Crippen molar-refractivity contribution in [3.05, 3.63) is 58.1 Å². The molecule has 1 heterocycles. The van der Waals surface area contributed by atoms with Crippen molar-refractivity contribution in [2.24, 2.45) is 11.7 Å². The Morgan fingerprint density at radius 1 is 1.24 bits per heavy atom. The third-order valence-electron chi connectivity index (χ3n) is 4.50. The minimum absolute atomic E-state index is 0.0239. The number of hydrogen-bond acceptors (Lipinski definition) is 3. The molecule has 2 atom stereocenters. The zero-order chi connectivity index (χ0) is 18.0. The molecule has 1 aliphatic heterocycles. The number of carbonyl (C=O) groups excluding carboxylic acids is 1. The Labute approximate surface area is 157 Å². The summed E-state index contributed by atoms with van der Waals surface area (Å²) in [5, 5.41) is 0.798. The molecule has 4 nitrogen and oxygen atoms in total. The Bertz CT molecular complexity index is 765. The summed E-state index contributed by atoms with van der Waals surface area (Å²) < 4.78 is 5.75. The average molecular weight is 379 g/mol. The van der Waals surface area contributed by atoms with Crippen LogP contribution in [0, 0.1) is 5.92 Å². The molecule has 0 spiro atoms. The normalized spacial score (nSPS) is 19.9. The number of rotatable bonds is 4. The van der Waals surface area contributed by atoms with Crippen molar-refractivity contribution >= 4 is 29.1 Å². The molecule has 2 unspecified atom stereocenters. The van der Waals surface area contributed by atoms with Crippen molar-refractivity contribution in [2.45, 2.75) is 19.4 Å². The first-order chi connectivity index (χ1) is 12.0. The Kier molecular flexibility index (Phi) is 5.52. The van der Waals surface area contributed by atoms with E-state index >= 15 is 0 Å². The predicted octanol–water partition coefficient (Wildman–Crippen LogP) is 4.60. The monoisotopic (exact) mass is 378 g/mol. The smallest absolute Gasteiger partial charge is 0.254 e. The topological polar surface area (TPSA) is 55.6 Å². The predicted molar refractivity (Wildman–Crippen MR) is 101 cm³/mol. The molecular weight excluding hydrogens is 359 g/mol. The molecular formula is C19H20Cl2N2O2. The number of benzene rings is 2. The van der Waals surface area contributed by atoms with E-state index in [1.807, 2.05) is 4.90 Å². The van der Waals surface area contributed by atoms with Crippen molar-refractivity contribution in [1.82, 2.24) is 4.90 Å². The fourth-order valence-electron chi connectivity index (χ4n) is 3.12. The van der Waals surface area contributed by atoms with Crippen LogP contribution in [-0.2, 0) is 0 Å². The number of hydrogen-bond donors (Lipinski definition) is 1. The van der Waals surface area contributed by atoms with Gasteiger partial charge in [-0.3, -0.25) is 4.79 Å². The van der Waals surface area contributed by atoms with Gasteiger partial charge in [0.2, 0.25) is 0 Å². The van der Waals surface area contributed by atoms with Crippen molar-refractivity contribution < 1.29 is 9.53 Å². The summed E-state index contributed by atoms with van der Waals surface area (Å²) in [5.41, 5.74) is 6.37. The highest BCUT2D eigenvalue weighted by Gasteiger charge is 2.32. The lowest BCUT2D eigenvalue weighted by Gasteiger charge is -2.21. The number of amides is 1. The molecule has 1 amide bonds. The summed E-state index contributed by atoms with van der Waals surface area (Å²) in [6.07, 6.45) is 0.955. The Morgan fingerprint density at radius 3 is 2.60 bits per heavy atom. The molecule has 2 aromatic carbocycles. The molecule has 0 saturated carbocycles. The molecule has 3 rings (SSSR count). The molecule has 25 heavy (non-hydrogen) atoms. The van der Waals surface area contributed by atoms with Gasteiger partial charge in [-0.05, 0) is 62.2 Å². The van der Waals surface area contributed by atoms with E-state index in [1.165, 1.54) is 0 Å². The van der Waals surface area contributed by atoms with Gasteiger partial charge < -0.3 is 15.4 Å². The summed E-state index contributed by atoms with van der Waals surface area (Å²) in [5.74, 6) is 1.48.